The molecule has 7 heteroatoms. The van der Waals surface area contributed by atoms with Gasteiger partial charge in [0.25, 0.3) is 5.91 Å². The summed E-state index contributed by atoms with van der Waals surface area (Å²) in [6, 6.07) is 12.8. The van der Waals surface area contributed by atoms with Crippen molar-refractivity contribution >= 4 is 23.2 Å². The Kier molecular flexibility index (Phi) is 6.95. The number of hydrogen-bond acceptors (Lipinski definition) is 5. The first-order valence-electron chi connectivity index (χ1n) is 9.58. The number of ether oxygens (including phenoxy) is 1. The maximum Gasteiger partial charge on any atom is 0.329 e. The minimum Gasteiger partial charge on any atom is -0.458 e. The highest BCUT2D eigenvalue weighted by atomic mass is 32.1. The molecule has 156 valence electrons. The monoisotopic (exact) mass is 426 g/mol. The number of nitrogens with zero attached hydrogens (tertiary/aromatic N) is 1. The summed E-state index contributed by atoms with van der Waals surface area (Å²) in [7, 11) is 0. The van der Waals surface area contributed by atoms with Crippen LogP contribution in [0, 0.1) is 18.7 Å². The predicted molar refractivity (Wildman–Crippen MR) is 115 cm³/mol. The number of carbonyl (C=O) groups is 2. The number of carbonyl (C=O) groups excluding carboxylic acids is 2. The fourth-order valence-corrected chi connectivity index (χ4v) is 3.61. The van der Waals surface area contributed by atoms with E-state index in [4.69, 9.17) is 4.74 Å². The summed E-state index contributed by atoms with van der Waals surface area (Å²) in [6.07, 6.45) is 0. The summed E-state index contributed by atoms with van der Waals surface area (Å²) < 4.78 is 19.2. The second kappa shape index (κ2) is 9.63. The minimum atomic E-state index is -0.896. The molecule has 0 spiro atoms. The Morgan fingerprint density at radius 3 is 2.50 bits per heavy atom. The molecule has 5 nitrogen and oxygen atoms in total. The molecule has 2 aromatic carbocycles. The van der Waals surface area contributed by atoms with E-state index in [9.17, 15) is 14.0 Å². The van der Waals surface area contributed by atoms with Gasteiger partial charge in [-0.2, -0.15) is 0 Å². The Bertz CT molecular complexity index is 1030. The second-order valence-corrected chi connectivity index (χ2v) is 8.15. The maximum absolute atomic E-state index is 13.8. The van der Waals surface area contributed by atoms with Crippen LogP contribution in [-0.2, 0) is 16.1 Å². The Hall–Kier alpha value is -3.06. The molecule has 1 heterocycles. The number of esters is 1. The summed E-state index contributed by atoms with van der Waals surface area (Å²) >= 11 is 1.47. The molecular formula is C23H23FN2O3S. The number of aryl methyl sites for hydroxylation is 1. The number of thiazole rings is 1. The molecule has 3 rings (SSSR count). The van der Waals surface area contributed by atoms with Crippen LogP contribution in [0.1, 0.15) is 35.5 Å². The van der Waals surface area contributed by atoms with Gasteiger partial charge >= 0.3 is 5.97 Å². The molecule has 0 aliphatic carbocycles. The molecule has 0 bridgehead atoms. The summed E-state index contributed by atoms with van der Waals surface area (Å²) in [4.78, 5) is 29.5. The van der Waals surface area contributed by atoms with E-state index in [1.165, 1.54) is 35.1 Å². The van der Waals surface area contributed by atoms with Crippen molar-refractivity contribution < 1.29 is 18.7 Å². The van der Waals surface area contributed by atoms with Crippen LogP contribution in [0.3, 0.4) is 0 Å². The zero-order valence-electron chi connectivity index (χ0n) is 17.0. The summed E-state index contributed by atoms with van der Waals surface area (Å²) in [5.74, 6) is -2.11. The molecule has 1 aromatic heterocycles. The normalized spacial score (nSPS) is 11.9. The third-order valence-electron chi connectivity index (χ3n) is 4.54. The predicted octanol–water partition coefficient (Wildman–Crippen LogP) is 4.76. The maximum atomic E-state index is 13.8. The molecule has 0 saturated carbocycles. The number of aromatic nitrogens is 1. The lowest BCUT2D eigenvalue weighted by molar-refractivity contribution is -0.148. The Morgan fingerprint density at radius 1 is 1.13 bits per heavy atom. The van der Waals surface area contributed by atoms with Crippen molar-refractivity contribution in [2.75, 3.05) is 0 Å². The average molecular weight is 427 g/mol. The van der Waals surface area contributed by atoms with Gasteiger partial charge in [0.15, 0.2) is 0 Å². The van der Waals surface area contributed by atoms with Crippen LogP contribution in [0.5, 0.6) is 0 Å². The van der Waals surface area contributed by atoms with Crippen molar-refractivity contribution in [1.29, 1.82) is 0 Å². The lowest BCUT2D eigenvalue weighted by Gasteiger charge is -2.20. The van der Waals surface area contributed by atoms with Crippen LogP contribution in [0.25, 0.3) is 10.6 Å². The molecule has 1 atom stereocenters. The van der Waals surface area contributed by atoms with Gasteiger partial charge < -0.3 is 10.1 Å². The first kappa shape index (κ1) is 21.6. The van der Waals surface area contributed by atoms with Crippen LogP contribution < -0.4 is 5.32 Å². The van der Waals surface area contributed by atoms with Gasteiger partial charge in [-0.3, -0.25) is 4.79 Å². The van der Waals surface area contributed by atoms with E-state index in [2.05, 4.69) is 10.3 Å². The van der Waals surface area contributed by atoms with Crippen molar-refractivity contribution in [2.24, 2.45) is 5.92 Å². The van der Waals surface area contributed by atoms with Gasteiger partial charge in [0, 0.05) is 10.9 Å². The van der Waals surface area contributed by atoms with Gasteiger partial charge in [-0.15, -0.1) is 11.3 Å². The smallest absolute Gasteiger partial charge is 0.329 e. The molecule has 3 aromatic rings. The fraction of sp³-hybridized carbons (Fsp3) is 0.261. The van der Waals surface area contributed by atoms with E-state index in [0.717, 1.165) is 10.6 Å². The van der Waals surface area contributed by atoms with Crippen LogP contribution in [0.15, 0.2) is 53.9 Å². The highest BCUT2D eigenvalue weighted by Crippen LogP contribution is 2.24. The largest absolute Gasteiger partial charge is 0.458 e. The highest BCUT2D eigenvalue weighted by Gasteiger charge is 2.27. The van der Waals surface area contributed by atoms with E-state index >= 15 is 0 Å². The Labute approximate surface area is 178 Å². The van der Waals surface area contributed by atoms with Gasteiger partial charge in [-0.05, 0) is 25.0 Å². The van der Waals surface area contributed by atoms with Gasteiger partial charge in [-0.25, -0.2) is 14.2 Å². The highest BCUT2D eigenvalue weighted by molar-refractivity contribution is 7.13. The molecule has 0 aliphatic rings. The van der Waals surface area contributed by atoms with Gasteiger partial charge in [-0.1, -0.05) is 55.8 Å². The van der Waals surface area contributed by atoms with E-state index in [1.54, 1.807) is 19.9 Å². The molecular weight excluding hydrogens is 403 g/mol. The molecule has 1 amide bonds. The van der Waals surface area contributed by atoms with Gasteiger partial charge in [0.2, 0.25) is 0 Å². The summed E-state index contributed by atoms with van der Waals surface area (Å²) in [5.41, 5.74) is 2.69. The number of rotatable bonds is 7. The number of hydrogen-bond donors (Lipinski definition) is 1. The molecule has 0 saturated heterocycles. The first-order chi connectivity index (χ1) is 14.3. The fourth-order valence-electron chi connectivity index (χ4n) is 2.80. The second-order valence-electron chi connectivity index (χ2n) is 7.29. The van der Waals surface area contributed by atoms with E-state index < -0.39 is 23.7 Å². The Balaban J connectivity index is 1.62. The van der Waals surface area contributed by atoms with Crippen molar-refractivity contribution in [2.45, 2.75) is 33.4 Å². The van der Waals surface area contributed by atoms with Gasteiger partial charge in [0.1, 0.15) is 23.5 Å². The quantitative estimate of drug-likeness (QED) is 0.554. The van der Waals surface area contributed by atoms with Crippen LogP contribution in [0.2, 0.25) is 0 Å². The molecule has 30 heavy (non-hydrogen) atoms. The van der Waals surface area contributed by atoms with Crippen molar-refractivity contribution in [3.8, 4) is 10.6 Å². The lowest BCUT2D eigenvalue weighted by Crippen LogP contribution is -2.45. The lowest BCUT2D eigenvalue weighted by atomic mass is 10.0. The number of nitrogens with one attached hydrogen (secondary N) is 1. The zero-order chi connectivity index (χ0) is 21.7. The van der Waals surface area contributed by atoms with E-state index in [0.29, 0.717) is 5.69 Å². The zero-order valence-corrected chi connectivity index (χ0v) is 17.8. The van der Waals surface area contributed by atoms with Crippen molar-refractivity contribution in [3.63, 3.8) is 0 Å². The van der Waals surface area contributed by atoms with Crippen molar-refractivity contribution in [1.82, 2.24) is 10.3 Å². The van der Waals surface area contributed by atoms with Crippen LogP contribution >= 0.6 is 11.3 Å². The first-order valence-corrected chi connectivity index (χ1v) is 10.5. The topological polar surface area (TPSA) is 68.3 Å². The summed E-state index contributed by atoms with van der Waals surface area (Å²) in [6.45, 7) is 5.59. The third-order valence-corrected chi connectivity index (χ3v) is 5.48. The third kappa shape index (κ3) is 5.30. The molecule has 0 fully saturated rings. The number of benzene rings is 2. The van der Waals surface area contributed by atoms with Crippen LogP contribution in [0.4, 0.5) is 4.39 Å². The standard InChI is InChI=1S/C23H23FN2O3S/c1-14(2)20(26-21(27)18-6-4-5-7-19(18)24)23(28)29-12-17-13-30-22(25-17)16-10-8-15(3)9-11-16/h4-11,13-14,20H,12H2,1-3H3,(H,26,27)/t20-/m1/s1. The molecule has 1 N–H and O–H groups in total. The number of halogens is 1. The van der Waals surface area contributed by atoms with E-state index in [-0.39, 0.29) is 18.1 Å². The molecule has 0 unspecified atom stereocenters. The number of amides is 1. The molecule has 0 aliphatic heterocycles. The van der Waals surface area contributed by atoms with E-state index in [1.807, 2.05) is 36.6 Å². The van der Waals surface area contributed by atoms with Gasteiger partial charge in [0.05, 0.1) is 11.3 Å². The average Bonchev–Trinajstić information content (AvgIpc) is 3.19. The molecule has 0 radical (unpaired) electrons. The summed E-state index contributed by atoms with van der Waals surface area (Å²) in [5, 5.41) is 5.25. The van der Waals surface area contributed by atoms with Crippen LogP contribution in [-0.4, -0.2) is 22.9 Å². The van der Waals surface area contributed by atoms with Crippen molar-refractivity contribution in [3.05, 3.63) is 76.5 Å². The minimum absolute atomic E-state index is 0.0000166. The Morgan fingerprint density at radius 2 is 1.83 bits per heavy atom. The SMILES string of the molecule is Cc1ccc(-c2nc(COC(=O)[C@H](NC(=O)c3ccccc3F)C(C)C)cs2)cc1.